The van der Waals surface area contributed by atoms with E-state index in [2.05, 4.69) is 6.92 Å². The highest BCUT2D eigenvalue weighted by molar-refractivity contribution is 5.87. The van der Waals surface area contributed by atoms with Crippen LogP contribution in [0.1, 0.15) is 80.6 Å². The van der Waals surface area contributed by atoms with Gasteiger partial charge < -0.3 is 19.7 Å². The Balaban J connectivity index is 1.93. The highest BCUT2D eigenvalue weighted by Gasteiger charge is 2.12. The number of benzene rings is 2. The maximum atomic E-state index is 11.0. The van der Waals surface area contributed by atoms with Crippen molar-refractivity contribution in [1.29, 1.82) is 0 Å². The smallest absolute Gasteiger partial charge is 0.335 e. The van der Waals surface area contributed by atoms with Gasteiger partial charge in [-0.15, -0.1) is 0 Å². The fourth-order valence-corrected chi connectivity index (χ4v) is 3.49. The van der Waals surface area contributed by atoms with Gasteiger partial charge in [-0.1, -0.05) is 57.9 Å². The molecule has 0 saturated heterocycles. The zero-order valence-electron chi connectivity index (χ0n) is 18.6. The first-order valence-corrected chi connectivity index (χ1v) is 11.5. The van der Waals surface area contributed by atoms with Crippen LogP contribution in [0.25, 0.3) is 0 Å². The number of hydrogen-bond acceptors (Lipinski definition) is 4. The summed E-state index contributed by atoms with van der Waals surface area (Å²) in [6.07, 6.45) is 11.3. The molecule has 0 bridgehead atoms. The van der Waals surface area contributed by atoms with Crippen molar-refractivity contribution in [2.45, 2.75) is 71.1 Å². The van der Waals surface area contributed by atoms with Gasteiger partial charge >= 0.3 is 5.97 Å². The van der Waals surface area contributed by atoms with E-state index in [0.29, 0.717) is 30.9 Å². The molecule has 2 rings (SSSR count). The molecule has 0 amide bonds. The third kappa shape index (κ3) is 9.01. The number of unbranched alkanes of at least 4 members (excludes halogenated alkanes) is 7. The standard InChI is InChI=1S/C26H36O5/c1-2-3-4-5-6-7-8-9-20-30-24-13-10-14-25(23(24)12-11-19-27)31-22-17-15-21(16-18-22)26(28)29/h10,13-18,27H,2-9,11-12,19-20H2,1H3,(H,28,29). The van der Waals surface area contributed by atoms with Gasteiger partial charge in [-0.25, -0.2) is 4.79 Å². The minimum atomic E-state index is -0.966. The lowest BCUT2D eigenvalue weighted by Gasteiger charge is -2.16. The number of aliphatic hydroxyl groups excluding tert-OH is 1. The van der Waals surface area contributed by atoms with Crippen molar-refractivity contribution in [3.05, 3.63) is 53.6 Å². The summed E-state index contributed by atoms with van der Waals surface area (Å²) in [6, 6.07) is 12.0. The van der Waals surface area contributed by atoms with E-state index in [4.69, 9.17) is 14.6 Å². The van der Waals surface area contributed by atoms with Crippen LogP contribution >= 0.6 is 0 Å². The lowest BCUT2D eigenvalue weighted by atomic mass is 10.1. The number of hydrogen-bond donors (Lipinski definition) is 2. The van der Waals surface area contributed by atoms with E-state index >= 15 is 0 Å². The maximum Gasteiger partial charge on any atom is 0.335 e. The van der Waals surface area contributed by atoms with Gasteiger partial charge in [-0.3, -0.25) is 0 Å². The van der Waals surface area contributed by atoms with Crippen molar-refractivity contribution in [1.82, 2.24) is 0 Å². The molecule has 0 unspecified atom stereocenters. The van der Waals surface area contributed by atoms with Crippen LogP contribution in [-0.2, 0) is 6.42 Å². The van der Waals surface area contributed by atoms with Crippen molar-refractivity contribution >= 4 is 5.97 Å². The number of carbonyl (C=O) groups is 1. The van der Waals surface area contributed by atoms with E-state index in [-0.39, 0.29) is 12.2 Å². The van der Waals surface area contributed by atoms with Crippen molar-refractivity contribution < 1.29 is 24.5 Å². The summed E-state index contributed by atoms with van der Waals surface area (Å²) in [7, 11) is 0. The van der Waals surface area contributed by atoms with Crippen LogP contribution in [0.15, 0.2) is 42.5 Å². The van der Waals surface area contributed by atoms with Crippen LogP contribution in [0.2, 0.25) is 0 Å². The first-order chi connectivity index (χ1) is 15.2. The molecule has 0 saturated carbocycles. The highest BCUT2D eigenvalue weighted by atomic mass is 16.5. The molecule has 0 aromatic heterocycles. The van der Waals surface area contributed by atoms with Gasteiger partial charge in [-0.05, 0) is 55.7 Å². The van der Waals surface area contributed by atoms with E-state index in [1.807, 2.05) is 18.2 Å². The molecule has 2 aromatic carbocycles. The Labute approximate surface area is 186 Å². The van der Waals surface area contributed by atoms with Gasteiger partial charge in [0.2, 0.25) is 0 Å². The average Bonchev–Trinajstić information content (AvgIpc) is 2.78. The Morgan fingerprint density at radius 3 is 2.13 bits per heavy atom. The van der Waals surface area contributed by atoms with E-state index < -0.39 is 5.97 Å². The second-order valence-corrected chi connectivity index (χ2v) is 7.81. The summed E-state index contributed by atoms with van der Waals surface area (Å²) in [5.74, 6) is 1.06. The first kappa shape index (κ1) is 24.7. The lowest BCUT2D eigenvalue weighted by molar-refractivity contribution is 0.0697. The Morgan fingerprint density at radius 1 is 0.839 bits per heavy atom. The minimum Gasteiger partial charge on any atom is -0.493 e. The van der Waals surface area contributed by atoms with Crippen LogP contribution in [0.3, 0.4) is 0 Å². The van der Waals surface area contributed by atoms with Crippen molar-refractivity contribution in [2.75, 3.05) is 13.2 Å². The number of carboxylic acid groups (broad SMARTS) is 1. The predicted octanol–water partition coefficient (Wildman–Crippen LogP) is 6.62. The van der Waals surface area contributed by atoms with Crippen molar-refractivity contribution in [2.24, 2.45) is 0 Å². The van der Waals surface area contributed by atoms with E-state index in [0.717, 1.165) is 17.7 Å². The summed E-state index contributed by atoms with van der Waals surface area (Å²) in [5, 5.41) is 18.3. The van der Waals surface area contributed by atoms with E-state index in [1.165, 1.54) is 57.1 Å². The number of aromatic carboxylic acids is 1. The molecule has 5 heteroatoms. The fraction of sp³-hybridized carbons (Fsp3) is 0.500. The van der Waals surface area contributed by atoms with Gasteiger partial charge in [0.1, 0.15) is 17.2 Å². The van der Waals surface area contributed by atoms with Crippen LogP contribution in [-0.4, -0.2) is 29.4 Å². The zero-order valence-corrected chi connectivity index (χ0v) is 18.6. The van der Waals surface area contributed by atoms with Crippen LogP contribution < -0.4 is 9.47 Å². The Kier molecular flexibility index (Phi) is 11.5. The molecule has 0 fully saturated rings. The zero-order chi connectivity index (χ0) is 22.3. The van der Waals surface area contributed by atoms with Gasteiger partial charge in [-0.2, -0.15) is 0 Å². The fourth-order valence-electron chi connectivity index (χ4n) is 3.49. The van der Waals surface area contributed by atoms with Crippen LogP contribution in [0.4, 0.5) is 0 Å². The third-order valence-electron chi connectivity index (χ3n) is 5.26. The average molecular weight is 429 g/mol. The van der Waals surface area contributed by atoms with Crippen molar-refractivity contribution in [3.63, 3.8) is 0 Å². The molecule has 0 aliphatic heterocycles. The Morgan fingerprint density at radius 2 is 1.48 bits per heavy atom. The summed E-state index contributed by atoms with van der Waals surface area (Å²) < 4.78 is 12.1. The molecule has 31 heavy (non-hydrogen) atoms. The monoisotopic (exact) mass is 428 g/mol. The van der Waals surface area contributed by atoms with Gasteiger partial charge in [0.25, 0.3) is 0 Å². The Hall–Kier alpha value is -2.53. The second kappa shape index (κ2) is 14.5. The van der Waals surface area contributed by atoms with Crippen LogP contribution in [0, 0.1) is 0 Å². The third-order valence-corrected chi connectivity index (χ3v) is 5.26. The molecule has 0 aliphatic rings. The minimum absolute atomic E-state index is 0.0963. The molecule has 5 nitrogen and oxygen atoms in total. The second-order valence-electron chi connectivity index (χ2n) is 7.81. The molecule has 0 aliphatic carbocycles. The highest BCUT2D eigenvalue weighted by Crippen LogP contribution is 2.33. The van der Waals surface area contributed by atoms with Crippen molar-refractivity contribution in [3.8, 4) is 17.2 Å². The quantitative estimate of drug-likeness (QED) is 0.294. The predicted molar refractivity (Wildman–Crippen MR) is 123 cm³/mol. The van der Waals surface area contributed by atoms with E-state index in [9.17, 15) is 9.90 Å². The molecule has 2 aromatic rings. The molecule has 0 spiro atoms. The molecule has 0 heterocycles. The largest absolute Gasteiger partial charge is 0.493 e. The molecule has 0 atom stereocenters. The van der Waals surface area contributed by atoms with Gasteiger partial charge in [0, 0.05) is 12.2 Å². The lowest BCUT2D eigenvalue weighted by Crippen LogP contribution is -2.03. The molecule has 0 radical (unpaired) electrons. The van der Waals surface area contributed by atoms with Gasteiger partial charge in [0.05, 0.1) is 12.2 Å². The molecule has 170 valence electrons. The maximum absolute atomic E-state index is 11.0. The summed E-state index contributed by atoms with van der Waals surface area (Å²) in [5.41, 5.74) is 1.15. The number of carboxylic acids is 1. The normalized spacial score (nSPS) is 10.8. The number of aliphatic hydroxyl groups is 1. The molecular weight excluding hydrogens is 392 g/mol. The molecule has 2 N–H and O–H groups in total. The Bertz CT molecular complexity index is 770. The topological polar surface area (TPSA) is 76.0 Å². The number of rotatable bonds is 16. The van der Waals surface area contributed by atoms with Crippen LogP contribution in [0.5, 0.6) is 17.2 Å². The van der Waals surface area contributed by atoms with Gasteiger partial charge in [0.15, 0.2) is 0 Å². The summed E-state index contributed by atoms with van der Waals surface area (Å²) in [4.78, 5) is 11.0. The first-order valence-electron chi connectivity index (χ1n) is 11.5. The SMILES string of the molecule is CCCCCCCCCCOc1cccc(Oc2ccc(C(=O)O)cc2)c1CCCO. The number of ether oxygens (including phenoxy) is 2. The summed E-state index contributed by atoms with van der Waals surface area (Å²) in [6.45, 7) is 3.00. The van der Waals surface area contributed by atoms with E-state index in [1.54, 1.807) is 12.1 Å². The molecular formula is C26H36O5. The summed E-state index contributed by atoms with van der Waals surface area (Å²) >= 11 is 0.